The smallest absolute Gasteiger partial charge is 0.143 e. The van der Waals surface area contributed by atoms with Crippen LogP contribution in [0.1, 0.15) is 25.0 Å². The third kappa shape index (κ3) is 4.76. The Hall–Kier alpha value is -0.880. The first-order valence-electron chi connectivity index (χ1n) is 8.20. The molecule has 0 unspecified atom stereocenters. The van der Waals surface area contributed by atoms with Crippen LogP contribution in [0.4, 0.5) is 0 Å². The van der Waals surface area contributed by atoms with Crippen LogP contribution >= 0.6 is 46.4 Å². The van der Waals surface area contributed by atoms with Crippen molar-refractivity contribution in [1.29, 1.82) is 0 Å². The van der Waals surface area contributed by atoms with Gasteiger partial charge in [-0.15, -0.1) is 0 Å². The third-order valence-corrected chi connectivity index (χ3v) is 5.70. The lowest BCUT2D eigenvalue weighted by atomic mass is 9.77. The van der Waals surface area contributed by atoms with E-state index < -0.39 is 5.41 Å². The highest BCUT2D eigenvalue weighted by atomic mass is 35.5. The summed E-state index contributed by atoms with van der Waals surface area (Å²) in [5, 5.41) is 19.5. The van der Waals surface area contributed by atoms with Crippen molar-refractivity contribution in [3.8, 4) is 11.5 Å². The number of hydrogen-bond acceptors (Lipinski definition) is 4. The number of hydrogen-bond donors (Lipinski definition) is 2. The molecule has 0 aliphatic heterocycles. The zero-order chi connectivity index (χ0) is 20.2. The molecule has 2 rings (SSSR count). The normalized spacial score (nSPS) is 11.6. The average Bonchev–Trinajstić information content (AvgIpc) is 2.63. The summed E-state index contributed by atoms with van der Waals surface area (Å²) in [7, 11) is 0. The van der Waals surface area contributed by atoms with Crippen molar-refractivity contribution in [2.45, 2.75) is 19.3 Å². The highest BCUT2D eigenvalue weighted by Gasteiger charge is 2.33. The molecule has 2 aromatic rings. The van der Waals surface area contributed by atoms with Gasteiger partial charge in [-0.2, -0.15) is 0 Å². The fourth-order valence-electron chi connectivity index (χ4n) is 2.77. The molecule has 0 aliphatic rings. The Bertz CT molecular complexity index is 743. The average molecular weight is 454 g/mol. The van der Waals surface area contributed by atoms with Gasteiger partial charge in [-0.1, -0.05) is 72.4 Å². The number of aliphatic hydroxyl groups is 2. The summed E-state index contributed by atoms with van der Waals surface area (Å²) in [5.41, 5.74) is 0.799. The van der Waals surface area contributed by atoms with Crippen LogP contribution < -0.4 is 9.47 Å². The Morgan fingerprint density at radius 2 is 1.11 bits per heavy atom. The number of aliphatic hydroxyl groups excluding tert-OH is 2. The monoisotopic (exact) mass is 452 g/mol. The summed E-state index contributed by atoms with van der Waals surface area (Å²) in [6, 6.07) is 6.97. The summed E-state index contributed by atoms with van der Waals surface area (Å²) in [4.78, 5) is 0. The van der Waals surface area contributed by atoms with Gasteiger partial charge >= 0.3 is 0 Å². The van der Waals surface area contributed by atoms with Crippen molar-refractivity contribution >= 4 is 46.4 Å². The molecule has 0 bridgehead atoms. The van der Waals surface area contributed by atoms with Crippen LogP contribution in [0, 0.1) is 0 Å². The van der Waals surface area contributed by atoms with Gasteiger partial charge < -0.3 is 19.7 Å². The third-order valence-electron chi connectivity index (χ3n) is 4.12. The predicted molar refractivity (Wildman–Crippen MR) is 110 cm³/mol. The minimum atomic E-state index is -0.669. The summed E-state index contributed by atoms with van der Waals surface area (Å²) in [6.07, 6.45) is 0. The van der Waals surface area contributed by atoms with Crippen molar-refractivity contribution in [3.05, 3.63) is 55.5 Å². The highest BCUT2D eigenvalue weighted by Crippen LogP contribution is 2.48. The predicted octanol–water partition coefficient (Wildman–Crippen LogP) is 5.37. The molecule has 0 heterocycles. The summed E-state index contributed by atoms with van der Waals surface area (Å²) in [6.45, 7) is 3.70. The second-order valence-electron chi connectivity index (χ2n) is 6.25. The van der Waals surface area contributed by atoms with Crippen LogP contribution in [0.2, 0.25) is 20.1 Å². The van der Waals surface area contributed by atoms with Crippen molar-refractivity contribution in [1.82, 2.24) is 0 Å². The van der Waals surface area contributed by atoms with Crippen LogP contribution in [0.15, 0.2) is 24.3 Å². The van der Waals surface area contributed by atoms with Gasteiger partial charge in [0.1, 0.15) is 34.8 Å². The second-order valence-corrected chi connectivity index (χ2v) is 7.82. The number of halogens is 4. The van der Waals surface area contributed by atoms with E-state index in [9.17, 15) is 0 Å². The van der Waals surface area contributed by atoms with Crippen molar-refractivity contribution in [2.24, 2.45) is 0 Å². The van der Waals surface area contributed by atoms with E-state index in [0.717, 1.165) is 11.1 Å². The van der Waals surface area contributed by atoms with Crippen LogP contribution in [-0.4, -0.2) is 36.6 Å². The van der Waals surface area contributed by atoms with Crippen LogP contribution in [-0.2, 0) is 5.41 Å². The van der Waals surface area contributed by atoms with E-state index in [0.29, 0.717) is 21.5 Å². The minimum absolute atomic E-state index is 0.0678. The van der Waals surface area contributed by atoms with Gasteiger partial charge in [-0.3, -0.25) is 0 Å². The van der Waals surface area contributed by atoms with Crippen molar-refractivity contribution in [2.75, 3.05) is 26.4 Å². The SMILES string of the molecule is CC(C)(c1ccc(Cl)c(Cl)c1OCCO)c1ccc(Cl)c(Cl)c1OCCO. The van der Waals surface area contributed by atoms with E-state index in [2.05, 4.69) is 0 Å². The molecule has 0 radical (unpaired) electrons. The molecule has 8 heteroatoms. The van der Waals surface area contributed by atoms with Gasteiger partial charge in [-0.25, -0.2) is 0 Å². The maximum atomic E-state index is 9.13. The molecule has 0 fully saturated rings. The Kier molecular flexibility index (Phi) is 7.93. The van der Waals surface area contributed by atoms with E-state index in [-0.39, 0.29) is 36.5 Å². The molecule has 0 aromatic heterocycles. The Balaban J connectivity index is 2.66. The fourth-order valence-corrected chi connectivity index (χ4v) is 3.51. The standard InChI is InChI=1S/C19H20Cl4O4/c1-19(2,11-3-5-13(20)15(22)17(11)26-9-7-24)12-4-6-14(21)16(23)18(12)27-10-8-25/h3-6,24-25H,7-10H2,1-2H3. The van der Waals surface area contributed by atoms with Gasteiger partial charge in [0, 0.05) is 16.5 Å². The quantitative estimate of drug-likeness (QED) is 0.564. The molecular formula is C19H20Cl4O4. The molecule has 0 amide bonds. The number of ether oxygens (including phenoxy) is 2. The van der Waals surface area contributed by atoms with E-state index in [1.54, 1.807) is 24.3 Å². The first-order valence-corrected chi connectivity index (χ1v) is 9.71. The summed E-state index contributed by atoms with van der Waals surface area (Å²) in [5.74, 6) is 0.754. The van der Waals surface area contributed by atoms with Crippen LogP contribution in [0.5, 0.6) is 11.5 Å². The molecule has 0 atom stereocenters. The molecule has 0 saturated carbocycles. The van der Waals surface area contributed by atoms with Crippen molar-refractivity contribution in [3.63, 3.8) is 0 Å². The van der Waals surface area contributed by atoms with Gasteiger partial charge in [0.2, 0.25) is 0 Å². The lowest BCUT2D eigenvalue weighted by Gasteiger charge is -2.31. The highest BCUT2D eigenvalue weighted by molar-refractivity contribution is 6.43. The van der Waals surface area contributed by atoms with E-state index in [1.165, 1.54) is 0 Å². The first kappa shape index (κ1) is 22.4. The summed E-state index contributed by atoms with van der Waals surface area (Å²) < 4.78 is 11.3. The van der Waals surface area contributed by atoms with Crippen molar-refractivity contribution < 1.29 is 19.7 Å². The fraction of sp³-hybridized carbons (Fsp3) is 0.368. The zero-order valence-electron chi connectivity index (χ0n) is 14.9. The first-order chi connectivity index (χ1) is 12.8. The number of rotatable bonds is 8. The molecule has 0 aliphatic carbocycles. The molecule has 2 N–H and O–H groups in total. The summed E-state index contributed by atoms with van der Waals surface area (Å²) >= 11 is 25.0. The zero-order valence-corrected chi connectivity index (χ0v) is 17.9. The molecule has 0 saturated heterocycles. The Morgan fingerprint density at radius 1 is 0.741 bits per heavy atom. The maximum absolute atomic E-state index is 9.13. The van der Waals surface area contributed by atoms with E-state index in [1.807, 2.05) is 13.8 Å². The molecular weight excluding hydrogens is 434 g/mol. The van der Waals surface area contributed by atoms with Crippen LogP contribution in [0.3, 0.4) is 0 Å². The van der Waals surface area contributed by atoms with E-state index in [4.69, 9.17) is 66.1 Å². The van der Waals surface area contributed by atoms with Gasteiger partial charge in [-0.05, 0) is 12.1 Å². The van der Waals surface area contributed by atoms with Crippen LogP contribution in [0.25, 0.3) is 0 Å². The van der Waals surface area contributed by atoms with Gasteiger partial charge in [0.25, 0.3) is 0 Å². The topological polar surface area (TPSA) is 58.9 Å². The minimum Gasteiger partial charge on any atom is -0.489 e. The molecule has 148 valence electrons. The second kappa shape index (κ2) is 9.55. The molecule has 27 heavy (non-hydrogen) atoms. The molecule has 2 aromatic carbocycles. The van der Waals surface area contributed by atoms with Gasteiger partial charge in [0.15, 0.2) is 0 Å². The van der Waals surface area contributed by atoms with Gasteiger partial charge in [0.05, 0.1) is 23.3 Å². The Labute approximate surface area is 178 Å². The maximum Gasteiger partial charge on any atom is 0.143 e. The number of benzene rings is 2. The Morgan fingerprint density at radius 3 is 1.44 bits per heavy atom. The van der Waals surface area contributed by atoms with E-state index >= 15 is 0 Å². The molecule has 0 spiro atoms. The lowest BCUT2D eigenvalue weighted by Crippen LogP contribution is -2.23. The molecule has 4 nitrogen and oxygen atoms in total. The lowest BCUT2D eigenvalue weighted by molar-refractivity contribution is 0.197. The largest absolute Gasteiger partial charge is 0.489 e.